The Morgan fingerprint density at radius 1 is 0.912 bits per heavy atom. The lowest BCUT2D eigenvalue weighted by molar-refractivity contribution is 0.0485. The third kappa shape index (κ3) is 8.56. The third-order valence-corrected chi connectivity index (χ3v) is 5.26. The molecule has 0 heterocycles. The van der Waals surface area contributed by atoms with Crippen LogP contribution in [0.4, 0.5) is 0 Å². The second-order valence-electron chi connectivity index (χ2n) is 8.28. The molecule has 182 valence electrons. The van der Waals surface area contributed by atoms with Crippen molar-refractivity contribution in [2.75, 3.05) is 28.1 Å². The summed E-state index contributed by atoms with van der Waals surface area (Å²) in [6.45, 7) is 6.55. The van der Waals surface area contributed by atoms with E-state index >= 15 is 0 Å². The molecule has 0 radical (unpaired) electrons. The van der Waals surface area contributed by atoms with Crippen LogP contribution in [0, 0.1) is 0 Å². The van der Waals surface area contributed by atoms with Crippen molar-refractivity contribution in [1.82, 2.24) is 0 Å². The quantitative estimate of drug-likeness (QED) is 0.148. The van der Waals surface area contributed by atoms with Crippen LogP contribution in [0.5, 0.6) is 11.5 Å². The maximum Gasteiger partial charge on any atom is 0.337 e. The highest BCUT2D eigenvalue weighted by atomic mass is 16.7. The summed E-state index contributed by atoms with van der Waals surface area (Å²) in [7, 11) is 4.61. The van der Waals surface area contributed by atoms with Gasteiger partial charge in [-0.25, -0.2) is 4.79 Å². The summed E-state index contributed by atoms with van der Waals surface area (Å²) >= 11 is 0. The summed E-state index contributed by atoms with van der Waals surface area (Å²) in [4.78, 5) is 11.6. The maximum absolute atomic E-state index is 11.6. The van der Waals surface area contributed by atoms with E-state index in [1.54, 1.807) is 26.4 Å². The van der Waals surface area contributed by atoms with Crippen LogP contribution in [-0.4, -0.2) is 34.1 Å². The van der Waals surface area contributed by atoms with E-state index in [2.05, 4.69) is 39.0 Å². The first-order valence-electron chi connectivity index (χ1n) is 11.4. The molecule has 0 aromatic heterocycles. The van der Waals surface area contributed by atoms with E-state index in [-0.39, 0.29) is 12.8 Å². The van der Waals surface area contributed by atoms with Gasteiger partial charge in [0.15, 0.2) is 18.3 Å². The SMILES string of the molecule is COCOc1c(C/C=C(\C)CCC=C(C)C)cc(/C=C/c2ccc(C(=O)OC)cc2)cc1OC. The molecule has 0 amide bonds. The van der Waals surface area contributed by atoms with Crippen molar-refractivity contribution >= 4 is 18.1 Å². The van der Waals surface area contributed by atoms with Crippen LogP contribution in [0.1, 0.15) is 60.7 Å². The van der Waals surface area contributed by atoms with Gasteiger partial charge in [-0.05, 0) is 75.4 Å². The lowest BCUT2D eigenvalue weighted by atomic mass is 10.0. The standard InChI is InChI=1S/C29H36O5/c1-21(2)8-7-9-22(3)10-15-26-18-24(19-27(32-5)28(26)34-20-31-4)12-11-23-13-16-25(17-14-23)29(30)33-6/h8,10-14,16-19H,7,9,15,20H2,1-6H3/b12-11+,22-10+. The molecule has 0 saturated carbocycles. The third-order valence-electron chi connectivity index (χ3n) is 5.26. The number of esters is 1. The van der Waals surface area contributed by atoms with Crippen LogP contribution < -0.4 is 9.47 Å². The summed E-state index contributed by atoms with van der Waals surface area (Å²) in [6.07, 6.45) is 11.3. The van der Waals surface area contributed by atoms with E-state index in [1.165, 1.54) is 18.3 Å². The Labute approximate surface area is 203 Å². The number of benzene rings is 2. The van der Waals surface area contributed by atoms with Crippen molar-refractivity contribution in [2.24, 2.45) is 0 Å². The van der Waals surface area contributed by atoms with Crippen molar-refractivity contribution < 1.29 is 23.7 Å². The highest BCUT2D eigenvalue weighted by Crippen LogP contribution is 2.34. The largest absolute Gasteiger partial charge is 0.493 e. The minimum atomic E-state index is -0.347. The predicted molar refractivity (Wildman–Crippen MR) is 138 cm³/mol. The molecule has 0 aliphatic heterocycles. The summed E-state index contributed by atoms with van der Waals surface area (Å²) in [5.74, 6) is 1.00. The van der Waals surface area contributed by atoms with Gasteiger partial charge in [-0.1, -0.05) is 47.6 Å². The summed E-state index contributed by atoms with van der Waals surface area (Å²) in [5, 5.41) is 0. The molecular formula is C29H36O5. The minimum Gasteiger partial charge on any atom is -0.493 e. The van der Waals surface area contributed by atoms with Crippen molar-refractivity contribution in [2.45, 2.75) is 40.0 Å². The Bertz CT molecular complexity index is 1030. The molecule has 0 N–H and O–H groups in total. The number of carbonyl (C=O) groups excluding carboxylic acids is 1. The van der Waals surface area contributed by atoms with E-state index < -0.39 is 0 Å². The fraction of sp³-hybridized carbons (Fsp3) is 0.345. The van der Waals surface area contributed by atoms with Gasteiger partial charge in [-0.2, -0.15) is 0 Å². The van der Waals surface area contributed by atoms with Crippen LogP contribution in [-0.2, 0) is 15.9 Å². The van der Waals surface area contributed by atoms with Gasteiger partial charge in [-0.3, -0.25) is 0 Å². The average Bonchev–Trinajstić information content (AvgIpc) is 2.84. The normalized spacial score (nSPS) is 11.4. The number of hydrogen-bond acceptors (Lipinski definition) is 5. The van der Waals surface area contributed by atoms with E-state index in [9.17, 15) is 4.79 Å². The Balaban J connectivity index is 2.29. The molecule has 2 aromatic carbocycles. The second kappa shape index (κ2) is 14.1. The number of allylic oxidation sites excluding steroid dienone is 4. The molecule has 0 spiro atoms. The Kier molecular flexibility index (Phi) is 11.1. The number of methoxy groups -OCH3 is 3. The maximum atomic E-state index is 11.6. The topological polar surface area (TPSA) is 54.0 Å². The first-order chi connectivity index (χ1) is 16.4. The van der Waals surface area contributed by atoms with Crippen LogP contribution >= 0.6 is 0 Å². The van der Waals surface area contributed by atoms with Crippen LogP contribution in [0.3, 0.4) is 0 Å². The lowest BCUT2D eigenvalue weighted by Gasteiger charge is -2.15. The molecule has 0 atom stereocenters. The minimum absolute atomic E-state index is 0.147. The molecule has 0 bridgehead atoms. The number of carbonyl (C=O) groups is 1. The van der Waals surface area contributed by atoms with Crippen LogP contribution in [0.15, 0.2) is 59.7 Å². The van der Waals surface area contributed by atoms with Gasteiger partial charge in [0.2, 0.25) is 0 Å². The monoisotopic (exact) mass is 464 g/mol. The molecule has 0 fully saturated rings. The summed E-state index contributed by atoms with van der Waals surface area (Å²) in [6, 6.07) is 11.3. The van der Waals surface area contributed by atoms with Gasteiger partial charge in [0.1, 0.15) is 0 Å². The molecule has 2 aromatic rings. The lowest BCUT2D eigenvalue weighted by Crippen LogP contribution is -2.04. The Morgan fingerprint density at radius 2 is 1.62 bits per heavy atom. The van der Waals surface area contributed by atoms with Gasteiger partial charge >= 0.3 is 5.97 Å². The molecule has 0 aliphatic rings. The predicted octanol–water partition coefficient (Wildman–Crippen LogP) is 6.87. The highest BCUT2D eigenvalue weighted by molar-refractivity contribution is 5.89. The van der Waals surface area contributed by atoms with Crippen molar-refractivity contribution in [3.63, 3.8) is 0 Å². The zero-order chi connectivity index (χ0) is 24.9. The van der Waals surface area contributed by atoms with E-state index in [0.717, 1.165) is 36.0 Å². The van der Waals surface area contributed by atoms with Crippen LogP contribution in [0.2, 0.25) is 0 Å². The number of hydrogen-bond donors (Lipinski definition) is 0. The van der Waals surface area contributed by atoms with Gasteiger partial charge < -0.3 is 18.9 Å². The zero-order valence-corrected chi connectivity index (χ0v) is 21.1. The Morgan fingerprint density at radius 3 is 2.24 bits per heavy atom. The highest BCUT2D eigenvalue weighted by Gasteiger charge is 2.12. The molecule has 2 rings (SSSR count). The molecule has 5 nitrogen and oxygen atoms in total. The fourth-order valence-electron chi connectivity index (χ4n) is 3.38. The van der Waals surface area contributed by atoms with Gasteiger partial charge in [0.25, 0.3) is 0 Å². The van der Waals surface area contributed by atoms with Gasteiger partial charge in [0.05, 0.1) is 19.8 Å². The molecule has 5 heteroatoms. The molecule has 0 aliphatic carbocycles. The number of ether oxygens (including phenoxy) is 4. The smallest absolute Gasteiger partial charge is 0.337 e. The van der Waals surface area contributed by atoms with Crippen LogP contribution in [0.25, 0.3) is 12.2 Å². The first-order valence-corrected chi connectivity index (χ1v) is 11.4. The van der Waals surface area contributed by atoms with E-state index in [0.29, 0.717) is 17.1 Å². The molecule has 34 heavy (non-hydrogen) atoms. The first kappa shape index (κ1) is 26.9. The Hall–Kier alpha value is -3.31. The van der Waals surface area contributed by atoms with Crippen molar-refractivity contribution in [3.05, 3.63) is 82.0 Å². The van der Waals surface area contributed by atoms with E-state index in [1.807, 2.05) is 30.4 Å². The average molecular weight is 465 g/mol. The molecule has 0 unspecified atom stereocenters. The fourth-order valence-corrected chi connectivity index (χ4v) is 3.38. The van der Waals surface area contributed by atoms with Gasteiger partial charge in [-0.15, -0.1) is 0 Å². The van der Waals surface area contributed by atoms with Gasteiger partial charge in [0, 0.05) is 12.7 Å². The zero-order valence-electron chi connectivity index (χ0n) is 21.1. The number of rotatable bonds is 12. The summed E-state index contributed by atoms with van der Waals surface area (Å²) in [5.41, 5.74) is 6.19. The molecular weight excluding hydrogens is 428 g/mol. The van der Waals surface area contributed by atoms with E-state index in [4.69, 9.17) is 18.9 Å². The van der Waals surface area contributed by atoms with Crippen molar-refractivity contribution in [1.29, 1.82) is 0 Å². The molecule has 0 saturated heterocycles. The van der Waals surface area contributed by atoms with Crippen molar-refractivity contribution in [3.8, 4) is 11.5 Å². The summed E-state index contributed by atoms with van der Waals surface area (Å²) < 4.78 is 21.4. The second-order valence-corrected chi connectivity index (χ2v) is 8.28.